The molecule has 0 saturated heterocycles. The molecule has 456 valence electrons. The Morgan fingerprint density at radius 3 is 1.24 bits per heavy atom. The largest absolute Gasteiger partial charge is 0.477 e. The maximum atomic E-state index is 12.2. The molecule has 0 aromatic heterocycles. The van der Waals surface area contributed by atoms with Crippen molar-refractivity contribution in [2.45, 2.75) is 101 Å². The second kappa shape index (κ2) is 33.9. The minimum Gasteiger partial charge on any atom is -0.477 e. The number of hydrazone groups is 1. The highest BCUT2D eigenvalue weighted by atomic mass is 35.5. The van der Waals surface area contributed by atoms with E-state index in [1.54, 1.807) is 56.3 Å². The van der Waals surface area contributed by atoms with Gasteiger partial charge in [0, 0.05) is 47.9 Å². The van der Waals surface area contributed by atoms with Gasteiger partial charge < -0.3 is 30.2 Å². The van der Waals surface area contributed by atoms with Gasteiger partial charge in [-0.3, -0.25) is 33.8 Å². The van der Waals surface area contributed by atoms with Crippen molar-refractivity contribution in [3.05, 3.63) is 113 Å². The van der Waals surface area contributed by atoms with Crippen molar-refractivity contribution in [3.8, 4) is 17.2 Å². The average Bonchev–Trinajstić information content (AvgIpc) is 3.35. The number of benzene rings is 3. The van der Waals surface area contributed by atoms with E-state index in [0.717, 1.165) is 10.6 Å². The number of carbonyl (C=O) groups is 8. The fourth-order valence-electron chi connectivity index (χ4n) is 7.55. The number of amides is 1. The Bertz CT molecular complexity index is 3310. The van der Waals surface area contributed by atoms with Gasteiger partial charge in [0.1, 0.15) is 31.1 Å². The molecule has 0 fully saturated rings. The predicted octanol–water partition coefficient (Wildman–Crippen LogP) is 12.2. The van der Waals surface area contributed by atoms with Crippen molar-refractivity contribution >= 4 is 164 Å². The van der Waals surface area contributed by atoms with E-state index in [-0.39, 0.29) is 141 Å². The van der Waals surface area contributed by atoms with Crippen LogP contribution in [0.4, 0.5) is 5.69 Å². The number of ketones is 5. The highest BCUT2D eigenvalue weighted by Gasteiger charge is 2.30. The van der Waals surface area contributed by atoms with E-state index in [1.165, 1.54) is 19.1 Å². The average molecular weight is 1310 g/mol. The van der Waals surface area contributed by atoms with Crippen LogP contribution >= 0.6 is 82.0 Å². The van der Waals surface area contributed by atoms with E-state index < -0.39 is 23.6 Å². The second-order valence-electron chi connectivity index (χ2n) is 19.2. The third-order valence-electron chi connectivity index (χ3n) is 12.0. The smallest absolute Gasteiger partial charge is 0.372 e. The van der Waals surface area contributed by atoms with Crippen LogP contribution in [0.1, 0.15) is 99.1 Å². The quantitative estimate of drug-likeness (QED) is 0.0724. The number of aliphatic imine (C=N–C) groups is 4. The molecular weight excluding hydrogens is 1250 g/mol. The number of anilines is 1. The Kier molecular flexibility index (Phi) is 29.0. The number of carbonyl (C=O) groups excluding carboxylic acids is 6. The first-order valence-electron chi connectivity index (χ1n) is 26.1. The summed E-state index contributed by atoms with van der Waals surface area (Å²) in [6, 6.07) is 9.59. The number of ether oxygens (including phenoxy) is 3. The van der Waals surface area contributed by atoms with Crippen LogP contribution in [0.5, 0.6) is 17.2 Å². The zero-order chi connectivity index (χ0) is 62.9. The maximum Gasteiger partial charge on any atom is 0.372 e. The van der Waals surface area contributed by atoms with Gasteiger partial charge in [-0.2, -0.15) is 10.1 Å². The van der Waals surface area contributed by atoms with Crippen LogP contribution in [-0.4, -0.2) is 106 Å². The number of nitrogens with zero attached hydrogens (tertiary/aromatic N) is 6. The van der Waals surface area contributed by atoms with Gasteiger partial charge in [0.05, 0.1) is 48.8 Å². The van der Waals surface area contributed by atoms with E-state index in [4.69, 9.17) is 99.8 Å². The lowest BCUT2D eigenvalue weighted by molar-refractivity contribution is -0.148. The monoisotopic (exact) mass is 1310 g/mol. The predicted molar refractivity (Wildman–Crippen MR) is 334 cm³/mol. The first-order chi connectivity index (χ1) is 39.5. The van der Waals surface area contributed by atoms with Crippen LogP contribution in [0.3, 0.4) is 0 Å². The molecule has 3 aromatic carbocycles. The van der Waals surface area contributed by atoms with E-state index >= 15 is 0 Å². The Labute approximate surface area is 527 Å². The fourth-order valence-corrected chi connectivity index (χ4v) is 9.32. The van der Waals surface area contributed by atoms with Gasteiger partial charge >= 0.3 is 11.9 Å². The number of aliphatic carboxylic acids is 2. The van der Waals surface area contributed by atoms with Crippen molar-refractivity contribution in [1.29, 1.82) is 0 Å². The van der Waals surface area contributed by atoms with Crippen molar-refractivity contribution in [3.63, 3.8) is 0 Å². The van der Waals surface area contributed by atoms with Crippen molar-refractivity contribution in [2.75, 3.05) is 24.6 Å². The first kappa shape index (κ1) is 72.6. The van der Waals surface area contributed by atoms with Crippen molar-refractivity contribution in [2.24, 2.45) is 48.6 Å². The molecule has 20 nitrogen and oxygen atoms in total. The number of hydrogen-bond donors (Lipinski definition) is 3. The van der Waals surface area contributed by atoms with Crippen LogP contribution in [0, 0.1) is 17.8 Å². The Balaban J connectivity index is 0.000000317. The minimum absolute atomic E-state index is 0. The molecule has 4 heterocycles. The normalized spacial score (nSPS) is 15.0. The Morgan fingerprint density at radius 2 is 0.941 bits per heavy atom. The van der Waals surface area contributed by atoms with Crippen LogP contribution in [-0.2, 0) is 51.4 Å². The SMILES string of the molecule is CC(C)C1=CC(Oc2c(Cl)cc(CN)cc2Cl)=NCC1=O.CCC(=NCc1cc(Cl)c(OC2=NCC(=O)C(C(C)C)=C2)c(Cl)c1)C(=O)O.CCC(=O)C(=O)O.CCC1=NN(c2cc(Cl)c(OC3=NCC(=O)C(C(C)C)=C3)c(Cl)c2)C(=O)CC1=O.Cl. The molecule has 0 radical (unpaired) electrons. The topological polar surface area (TPSA) is 296 Å². The van der Waals surface area contributed by atoms with Crippen LogP contribution < -0.4 is 25.0 Å². The van der Waals surface area contributed by atoms with Crippen LogP contribution in [0.2, 0.25) is 30.1 Å². The maximum absolute atomic E-state index is 12.2. The van der Waals surface area contributed by atoms with Gasteiger partial charge in [-0.25, -0.2) is 24.6 Å². The summed E-state index contributed by atoms with van der Waals surface area (Å²) in [6.45, 7) is 17.2. The van der Waals surface area contributed by atoms with Gasteiger partial charge in [0.25, 0.3) is 5.91 Å². The van der Waals surface area contributed by atoms with Gasteiger partial charge in [0.2, 0.25) is 23.5 Å². The number of carboxylic acids is 2. The molecule has 3 aromatic rings. The summed E-state index contributed by atoms with van der Waals surface area (Å²) in [5.41, 5.74) is 9.69. The molecule has 0 unspecified atom stereocenters. The van der Waals surface area contributed by atoms with Gasteiger partial charge in [0.15, 0.2) is 40.4 Å². The molecule has 0 atom stereocenters. The first-order valence-corrected chi connectivity index (χ1v) is 28.3. The Morgan fingerprint density at radius 1 is 0.576 bits per heavy atom. The molecule has 0 aliphatic carbocycles. The number of halogens is 7. The third-order valence-corrected chi connectivity index (χ3v) is 13.7. The molecule has 4 N–H and O–H groups in total. The van der Waals surface area contributed by atoms with Crippen LogP contribution in [0.25, 0.3) is 0 Å². The van der Waals surface area contributed by atoms with E-state index in [9.17, 15) is 38.4 Å². The van der Waals surface area contributed by atoms with Crippen molar-refractivity contribution < 1.29 is 62.8 Å². The second-order valence-corrected chi connectivity index (χ2v) is 21.7. The fraction of sp³-hybridized carbons (Fsp3) is 0.362. The number of carboxylic acid groups (broad SMARTS) is 2. The highest BCUT2D eigenvalue weighted by molar-refractivity contribution is 6.45. The molecule has 0 saturated carbocycles. The van der Waals surface area contributed by atoms with Gasteiger partial charge in [-0.1, -0.05) is 132 Å². The summed E-state index contributed by atoms with van der Waals surface area (Å²) >= 11 is 37.5. The zero-order valence-electron chi connectivity index (χ0n) is 47.6. The number of Topliss-reactive ketones (excluding diaryl/α,β-unsaturated/α-hetero) is 5. The number of dihydropyridines is 3. The van der Waals surface area contributed by atoms with E-state index in [0.29, 0.717) is 74.8 Å². The van der Waals surface area contributed by atoms with Crippen molar-refractivity contribution in [1.82, 2.24) is 0 Å². The number of hydrogen-bond acceptors (Lipinski definition) is 17. The molecule has 27 heteroatoms. The van der Waals surface area contributed by atoms with Gasteiger partial charge in [-0.05, 0) is 78.1 Å². The highest BCUT2D eigenvalue weighted by Crippen LogP contribution is 2.40. The molecule has 1 amide bonds. The molecule has 85 heavy (non-hydrogen) atoms. The third kappa shape index (κ3) is 20.8. The summed E-state index contributed by atoms with van der Waals surface area (Å²) in [5.74, 6) is -2.22. The molecule has 0 spiro atoms. The lowest BCUT2D eigenvalue weighted by Gasteiger charge is -2.23. The van der Waals surface area contributed by atoms with Crippen LogP contribution in [0.15, 0.2) is 96.4 Å². The minimum atomic E-state index is -1.34. The molecule has 7 rings (SSSR count). The summed E-state index contributed by atoms with van der Waals surface area (Å²) in [4.78, 5) is 106. The number of rotatable bonds is 15. The lowest BCUT2D eigenvalue weighted by Crippen LogP contribution is -2.37. The summed E-state index contributed by atoms with van der Waals surface area (Å²) in [6.07, 6.45) is 5.37. The molecule has 4 aliphatic heterocycles. The summed E-state index contributed by atoms with van der Waals surface area (Å²) < 4.78 is 17.1. The van der Waals surface area contributed by atoms with Gasteiger partial charge in [-0.15, -0.1) is 12.4 Å². The summed E-state index contributed by atoms with van der Waals surface area (Å²) in [7, 11) is 0. The molecule has 0 bridgehead atoms. The summed E-state index contributed by atoms with van der Waals surface area (Å²) in [5, 5.41) is 23.6. The van der Waals surface area contributed by atoms with E-state index in [1.807, 2.05) is 41.5 Å². The Hall–Kier alpha value is -6.62. The number of nitrogens with two attached hydrogens (primary N) is 1. The lowest BCUT2D eigenvalue weighted by atomic mass is 9.97. The zero-order valence-corrected chi connectivity index (χ0v) is 53.0. The van der Waals surface area contributed by atoms with E-state index in [2.05, 4.69) is 25.1 Å². The molecule has 4 aliphatic rings. The molecular formula is C58H62Cl7N7O13. The standard InChI is InChI=1S/C20H19Cl2N3O4.C19H20Cl2N2O4.C15H16Cl2N2O2.C4H6O3.ClH/c1-4-15-16(26)8-19(28)25(24-15)11-5-13(21)20(14(22)6-11)29-18-7-12(10(2)3)17(27)9-23-18;1-4-15(19(25)26)22-8-11-5-13(20)18(14(21)6-11)27-17-7-12(10(2)3)16(24)9-23-17;1-8(2)10-5-14(19-7-13(10)20)21-15-11(16)3-9(6-18)4-12(15)17;1-2-3(5)4(6)7;/h5-7,10H,4,8-9H2,1-3H3;5-7,10H,4,8-9H2,1-3H3,(H,25,26);3-5,8H,6-7,18H2,1-2H3;2H2,1H3,(H,6,7);1H.